The highest BCUT2D eigenvalue weighted by Crippen LogP contribution is 2.41. The number of carbonyl (C=O) groups excluding carboxylic acids is 2. The van der Waals surface area contributed by atoms with Crippen LogP contribution in [0.1, 0.15) is 19.3 Å². The van der Waals surface area contributed by atoms with E-state index in [1.54, 1.807) is 4.90 Å². The molecule has 0 spiro atoms. The van der Waals surface area contributed by atoms with Crippen molar-refractivity contribution in [2.75, 3.05) is 26.2 Å². The Balaban J connectivity index is 2.03. The zero-order valence-electron chi connectivity index (χ0n) is 8.79. The molecule has 1 aliphatic carbocycles. The molecule has 3 N–H and O–H groups in total. The molecule has 0 unspecified atom stereocenters. The number of hydrogen-bond acceptors (Lipinski definition) is 3. The highest BCUT2D eigenvalue weighted by molar-refractivity contribution is 5.89. The lowest BCUT2D eigenvalue weighted by Gasteiger charge is -2.43. The van der Waals surface area contributed by atoms with Crippen molar-refractivity contribution in [3.63, 3.8) is 0 Å². The van der Waals surface area contributed by atoms with Crippen LogP contribution in [-0.2, 0) is 9.59 Å². The van der Waals surface area contributed by atoms with Gasteiger partial charge in [-0.3, -0.25) is 9.59 Å². The summed E-state index contributed by atoms with van der Waals surface area (Å²) < 4.78 is 0. The van der Waals surface area contributed by atoms with E-state index >= 15 is 0 Å². The van der Waals surface area contributed by atoms with Gasteiger partial charge in [0.1, 0.15) is 0 Å². The number of rotatable bonds is 2. The molecule has 15 heavy (non-hydrogen) atoms. The van der Waals surface area contributed by atoms with E-state index in [0.717, 1.165) is 19.3 Å². The van der Waals surface area contributed by atoms with Crippen LogP contribution in [0.3, 0.4) is 0 Å². The molecule has 0 radical (unpaired) electrons. The summed E-state index contributed by atoms with van der Waals surface area (Å²) in [5, 5.41) is 2.71. The van der Waals surface area contributed by atoms with Gasteiger partial charge in [-0.2, -0.15) is 0 Å². The van der Waals surface area contributed by atoms with Crippen molar-refractivity contribution in [3.05, 3.63) is 0 Å². The monoisotopic (exact) mass is 211 g/mol. The molecule has 2 aliphatic rings. The molecule has 0 aromatic rings. The van der Waals surface area contributed by atoms with Gasteiger partial charge in [0.2, 0.25) is 11.8 Å². The van der Waals surface area contributed by atoms with Crippen molar-refractivity contribution in [2.45, 2.75) is 19.3 Å². The Morgan fingerprint density at radius 2 is 2.27 bits per heavy atom. The molecular formula is C10H17N3O2. The Bertz CT molecular complexity index is 281. The quantitative estimate of drug-likeness (QED) is 0.620. The molecule has 2 amide bonds. The highest BCUT2D eigenvalue weighted by Gasteiger charge is 2.45. The fourth-order valence-corrected chi connectivity index (χ4v) is 2.26. The first kappa shape index (κ1) is 10.4. The molecular weight excluding hydrogens is 194 g/mol. The fraction of sp³-hybridized carbons (Fsp3) is 0.800. The van der Waals surface area contributed by atoms with Gasteiger partial charge in [-0.05, 0) is 12.8 Å². The lowest BCUT2D eigenvalue weighted by molar-refractivity contribution is -0.150. The van der Waals surface area contributed by atoms with Crippen LogP contribution in [0.15, 0.2) is 0 Å². The van der Waals surface area contributed by atoms with Gasteiger partial charge < -0.3 is 16.0 Å². The molecule has 5 nitrogen and oxygen atoms in total. The Morgan fingerprint density at radius 1 is 1.53 bits per heavy atom. The van der Waals surface area contributed by atoms with E-state index in [0.29, 0.717) is 19.6 Å². The van der Waals surface area contributed by atoms with Crippen LogP contribution in [0.4, 0.5) is 0 Å². The molecule has 0 aromatic heterocycles. The molecule has 1 aliphatic heterocycles. The number of piperazine rings is 1. The summed E-state index contributed by atoms with van der Waals surface area (Å²) in [7, 11) is 0. The molecule has 2 fully saturated rings. The van der Waals surface area contributed by atoms with E-state index in [1.807, 2.05) is 0 Å². The maximum Gasteiger partial charge on any atom is 0.239 e. The zero-order valence-corrected chi connectivity index (χ0v) is 8.79. The summed E-state index contributed by atoms with van der Waals surface area (Å²) >= 11 is 0. The third-order valence-electron chi connectivity index (χ3n) is 3.48. The molecule has 0 aromatic carbocycles. The van der Waals surface area contributed by atoms with Crippen LogP contribution in [0.5, 0.6) is 0 Å². The first-order valence-corrected chi connectivity index (χ1v) is 5.44. The standard InChI is InChI=1S/C10H17N3O2/c11-7-10(2-1-3-10)9(15)13-5-4-12-8(14)6-13/h1-7,11H2,(H,12,14). The highest BCUT2D eigenvalue weighted by atomic mass is 16.2. The maximum absolute atomic E-state index is 12.1. The van der Waals surface area contributed by atoms with E-state index in [2.05, 4.69) is 5.32 Å². The Kier molecular flexibility index (Phi) is 2.65. The largest absolute Gasteiger partial charge is 0.353 e. The molecule has 1 saturated carbocycles. The van der Waals surface area contributed by atoms with E-state index in [4.69, 9.17) is 5.73 Å². The van der Waals surface area contributed by atoms with Crippen LogP contribution in [0, 0.1) is 5.41 Å². The minimum Gasteiger partial charge on any atom is -0.353 e. The van der Waals surface area contributed by atoms with Crippen molar-refractivity contribution in [1.29, 1.82) is 0 Å². The van der Waals surface area contributed by atoms with Crippen molar-refractivity contribution in [1.82, 2.24) is 10.2 Å². The van der Waals surface area contributed by atoms with Crippen LogP contribution >= 0.6 is 0 Å². The lowest BCUT2D eigenvalue weighted by atomic mass is 9.67. The molecule has 5 heteroatoms. The number of hydrogen-bond donors (Lipinski definition) is 2. The molecule has 2 rings (SSSR count). The predicted molar refractivity (Wildman–Crippen MR) is 54.9 cm³/mol. The van der Waals surface area contributed by atoms with Gasteiger partial charge in [0, 0.05) is 19.6 Å². The van der Waals surface area contributed by atoms with Gasteiger partial charge in [-0.1, -0.05) is 6.42 Å². The number of nitrogens with zero attached hydrogens (tertiary/aromatic N) is 1. The summed E-state index contributed by atoms with van der Waals surface area (Å²) in [6.45, 7) is 1.78. The summed E-state index contributed by atoms with van der Waals surface area (Å²) in [6.07, 6.45) is 2.82. The van der Waals surface area contributed by atoms with Crippen LogP contribution in [0.2, 0.25) is 0 Å². The molecule has 0 atom stereocenters. The lowest BCUT2D eigenvalue weighted by Crippen LogP contribution is -2.57. The van der Waals surface area contributed by atoms with E-state index < -0.39 is 0 Å². The second kappa shape index (κ2) is 3.81. The van der Waals surface area contributed by atoms with Crippen molar-refractivity contribution < 1.29 is 9.59 Å². The Morgan fingerprint density at radius 3 is 2.73 bits per heavy atom. The molecule has 1 saturated heterocycles. The third-order valence-corrected chi connectivity index (χ3v) is 3.48. The molecule has 84 valence electrons. The molecule has 0 bridgehead atoms. The second-order valence-corrected chi connectivity index (χ2v) is 4.41. The Labute approximate surface area is 89.0 Å². The zero-order chi connectivity index (χ0) is 10.9. The van der Waals surface area contributed by atoms with Crippen molar-refractivity contribution in [3.8, 4) is 0 Å². The van der Waals surface area contributed by atoms with Gasteiger partial charge in [0.25, 0.3) is 0 Å². The second-order valence-electron chi connectivity index (χ2n) is 4.41. The maximum atomic E-state index is 12.1. The summed E-state index contributed by atoms with van der Waals surface area (Å²) in [6, 6.07) is 0. The van der Waals surface area contributed by atoms with Gasteiger partial charge >= 0.3 is 0 Å². The average molecular weight is 211 g/mol. The first-order chi connectivity index (χ1) is 7.18. The topological polar surface area (TPSA) is 75.4 Å². The van der Waals surface area contributed by atoms with Gasteiger partial charge in [-0.25, -0.2) is 0 Å². The van der Waals surface area contributed by atoms with Crippen LogP contribution in [-0.4, -0.2) is 42.9 Å². The fourth-order valence-electron chi connectivity index (χ4n) is 2.26. The average Bonchev–Trinajstić information content (AvgIpc) is 2.17. The van der Waals surface area contributed by atoms with Gasteiger partial charge in [-0.15, -0.1) is 0 Å². The summed E-state index contributed by atoms with van der Waals surface area (Å²) in [5.41, 5.74) is 5.31. The molecule has 1 heterocycles. The van der Waals surface area contributed by atoms with E-state index in [-0.39, 0.29) is 23.8 Å². The first-order valence-electron chi connectivity index (χ1n) is 5.44. The Hall–Kier alpha value is -1.10. The third kappa shape index (κ3) is 1.71. The SMILES string of the molecule is NCC1(C(=O)N2CCNC(=O)C2)CCC1. The predicted octanol–water partition coefficient (Wildman–Crippen LogP) is -0.926. The van der Waals surface area contributed by atoms with Crippen molar-refractivity contribution >= 4 is 11.8 Å². The number of amides is 2. The number of nitrogens with two attached hydrogens (primary N) is 1. The van der Waals surface area contributed by atoms with E-state index in [1.165, 1.54) is 0 Å². The van der Waals surface area contributed by atoms with Crippen LogP contribution < -0.4 is 11.1 Å². The summed E-state index contributed by atoms with van der Waals surface area (Å²) in [4.78, 5) is 25.0. The van der Waals surface area contributed by atoms with Gasteiger partial charge in [0.15, 0.2) is 0 Å². The minimum absolute atomic E-state index is 0.0684. The van der Waals surface area contributed by atoms with E-state index in [9.17, 15) is 9.59 Å². The number of nitrogens with one attached hydrogen (secondary N) is 1. The van der Waals surface area contributed by atoms with Crippen molar-refractivity contribution in [2.24, 2.45) is 11.1 Å². The van der Waals surface area contributed by atoms with Gasteiger partial charge in [0.05, 0.1) is 12.0 Å². The minimum atomic E-state index is -0.350. The van der Waals surface area contributed by atoms with Crippen LogP contribution in [0.25, 0.3) is 0 Å². The smallest absolute Gasteiger partial charge is 0.239 e. The number of carbonyl (C=O) groups is 2. The summed E-state index contributed by atoms with van der Waals surface area (Å²) in [5.74, 6) is 0.00666. The normalized spacial score (nSPS) is 24.3.